The summed E-state index contributed by atoms with van der Waals surface area (Å²) in [6.45, 7) is 8.37. The lowest BCUT2D eigenvalue weighted by Crippen LogP contribution is -2.20. The van der Waals surface area contributed by atoms with Crippen molar-refractivity contribution in [3.8, 4) is 0 Å². The Kier molecular flexibility index (Phi) is 5.54. The minimum atomic E-state index is -0.429. The van der Waals surface area contributed by atoms with E-state index in [4.69, 9.17) is 0 Å². The maximum Gasteiger partial charge on any atom is 0.354 e. The summed E-state index contributed by atoms with van der Waals surface area (Å²) in [5.74, 6) is 0.440. The summed E-state index contributed by atoms with van der Waals surface area (Å²) in [5, 5.41) is 15.1. The quantitative estimate of drug-likeness (QED) is 0.469. The Bertz CT molecular complexity index is 1020. The summed E-state index contributed by atoms with van der Waals surface area (Å²) in [5.41, 5.74) is 4.59. The molecule has 0 spiro atoms. The van der Waals surface area contributed by atoms with E-state index in [2.05, 4.69) is 15.3 Å². The van der Waals surface area contributed by atoms with Gasteiger partial charge in [-0.15, -0.1) is 0 Å². The maximum absolute atomic E-state index is 12.0. The fourth-order valence-electron chi connectivity index (χ4n) is 3.08. The smallest absolute Gasteiger partial charge is 0.334 e. The Morgan fingerprint density at radius 2 is 1.82 bits per heavy atom. The van der Waals surface area contributed by atoms with E-state index in [1.54, 1.807) is 0 Å². The fourth-order valence-corrected chi connectivity index (χ4v) is 3.08. The van der Waals surface area contributed by atoms with E-state index in [0.29, 0.717) is 6.54 Å². The highest BCUT2D eigenvalue weighted by Gasteiger charge is 2.27. The molecule has 7 nitrogen and oxygen atoms in total. The molecular weight excluding hydrogens is 354 g/mol. The molecule has 0 fully saturated rings. The zero-order valence-corrected chi connectivity index (χ0v) is 16.4. The lowest BCUT2D eigenvalue weighted by atomic mass is 10.1. The third-order valence-electron chi connectivity index (χ3n) is 4.52. The van der Waals surface area contributed by atoms with E-state index in [-0.39, 0.29) is 17.3 Å². The second-order valence-corrected chi connectivity index (χ2v) is 6.68. The molecule has 0 aliphatic heterocycles. The van der Waals surface area contributed by atoms with Gasteiger partial charge in [0.1, 0.15) is 6.33 Å². The molecule has 0 saturated heterocycles. The van der Waals surface area contributed by atoms with Gasteiger partial charge in [0.15, 0.2) is 0 Å². The molecule has 0 bridgehead atoms. The van der Waals surface area contributed by atoms with Gasteiger partial charge in [0.2, 0.25) is 11.6 Å². The number of aromatic nitrogens is 2. The van der Waals surface area contributed by atoms with Crippen LogP contribution in [0.2, 0.25) is 0 Å². The van der Waals surface area contributed by atoms with Crippen molar-refractivity contribution in [1.82, 2.24) is 9.97 Å². The third-order valence-corrected chi connectivity index (χ3v) is 4.52. The van der Waals surface area contributed by atoms with Gasteiger partial charge >= 0.3 is 5.69 Å². The number of nitrogens with one attached hydrogen (secondary N) is 1. The van der Waals surface area contributed by atoms with Crippen LogP contribution in [0.5, 0.6) is 0 Å². The zero-order chi connectivity index (χ0) is 20.3. The summed E-state index contributed by atoms with van der Waals surface area (Å²) in [4.78, 5) is 21.8. The van der Waals surface area contributed by atoms with Crippen molar-refractivity contribution in [3.05, 3.63) is 75.6 Å². The molecule has 7 heteroatoms. The summed E-state index contributed by atoms with van der Waals surface area (Å²) in [6, 6.07) is 13.7. The lowest BCUT2D eigenvalue weighted by molar-refractivity contribution is -0.383. The summed E-state index contributed by atoms with van der Waals surface area (Å²) < 4.78 is 0. The van der Waals surface area contributed by atoms with Crippen molar-refractivity contribution in [2.24, 2.45) is 0 Å². The number of anilines is 4. The molecule has 1 heterocycles. The zero-order valence-electron chi connectivity index (χ0n) is 16.4. The van der Waals surface area contributed by atoms with Crippen LogP contribution in [0.15, 0.2) is 48.8 Å². The average Bonchev–Trinajstić information content (AvgIpc) is 2.65. The predicted octanol–water partition coefficient (Wildman–Crippen LogP) is 5.21. The van der Waals surface area contributed by atoms with Crippen LogP contribution in [0.25, 0.3) is 0 Å². The number of nitrogens with zero attached hydrogens (tertiary/aromatic N) is 4. The van der Waals surface area contributed by atoms with Gasteiger partial charge in [0.25, 0.3) is 0 Å². The molecule has 0 aliphatic carbocycles. The van der Waals surface area contributed by atoms with Gasteiger partial charge in [-0.25, -0.2) is 9.97 Å². The van der Waals surface area contributed by atoms with Gasteiger partial charge < -0.3 is 10.2 Å². The second kappa shape index (κ2) is 8.04. The fraction of sp³-hybridized carbons (Fsp3) is 0.238. The number of rotatable bonds is 6. The molecule has 144 valence electrons. The molecule has 28 heavy (non-hydrogen) atoms. The van der Waals surface area contributed by atoms with Crippen LogP contribution in [0.1, 0.15) is 23.6 Å². The van der Waals surface area contributed by atoms with Gasteiger partial charge in [-0.05, 0) is 62.6 Å². The molecule has 0 radical (unpaired) electrons. The van der Waals surface area contributed by atoms with Gasteiger partial charge in [0.05, 0.1) is 4.92 Å². The van der Waals surface area contributed by atoms with Crippen molar-refractivity contribution in [3.63, 3.8) is 0 Å². The molecule has 0 atom stereocenters. The minimum absolute atomic E-state index is 0.147. The van der Waals surface area contributed by atoms with E-state index >= 15 is 0 Å². The molecule has 0 unspecified atom stereocenters. The highest BCUT2D eigenvalue weighted by Crippen LogP contribution is 2.37. The number of benzene rings is 2. The standard InChI is InChI=1S/C21H23N5O2/c1-5-25(17-8-6-7-14(2)11-17)21-19(26(27)28)20(22-13-23-21)24-18-12-15(3)9-10-16(18)4/h6-13H,5H2,1-4H3,(H,22,23,24). The van der Waals surface area contributed by atoms with Crippen LogP contribution in [0.3, 0.4) is 0 Å². The van der Waals surface area contributed by atoms with Crippen LogP contribution < -0.4 is 10.2 Å². The highest BCUT2D eigenvalue weighted by molar-refractivity contribution is 5.79. The molecule has 2 aromatic carbocycles. The number of hydrogen-bond donors (Lipinski definition) is 1. The Balaban J connectivity index is 2.11. The van der Waals surface area contributed by atoms with Gasteiger partial charge in [0, 0.05) is 17.9 Å². The molecule has 0 saturated carbocycles. The molecule has 3 aromatic rings. The van der Waals surface area contributed by atoms with Crippen LogP contribution in [-0.2, 0) is 0 Å². The SMILES string of the molecule is CCN(c1cccc(C)c1)c1ncnc(Nc2cc(C)ccc2C)c1[N+](=O)[O-]. The monoisotopic (exact) mass is 377 g/mol. The van der Waals surface area contributed by atoms with Crippen LogP contribution >= 0.6 is 0 Å². The van der Waals surface area contributed by atoms with Gasteiger partial charge in [-0.2, -0.15) is 0 Å². The first-order valence-electron chi connectivity index (χ1n) is 9.08. The molecule has 0 amide bonds. The second-order valence-electron chi connectivity index (χ2n) is 6.68. The predicted molar refractivity (Wildman–Crippen MR) is 112 cm³/mol. The van der Waals surface area contributed by atoms with E-state index < -0.39 is 4.92 Å². The van der Waals surface area contributed by atoms with Crippen molar-refractivity contribution in [2.75, 3.05) is 16.8 Å². The normalized spacial score (nSPS) is 10.6. The first-order valence-corrected chi connectivity index (χ1v) is 9.08. The van der Waals surface area contributed by atoms with E-state index in [9.17, 15) is 10.1 Å². The lowest BCUT2D eigenvalue weighted by Gasteiger charge is -2.22. The van der Waals surface area contributed by atoms with Crippen molar-refractivity contribution in [2.45, 2.75) is 27.7 Å². The van der Waals surface area contributed by atoms with Crippen molar-refractivity contribution >= 4 is 28.7 Å². The Morgan fingerprint density at radius 3 is 2.50 bits per heavy atom. The molecule has 1 aromatic heterocycles. The van der Waals surface area contributed by atoms with Crippen LogP contribution in [0.4, 0.5) is 28.7 Å². The first-order chi connectivity index (χ1) is 13.4. The molecule has 0 aliphatic rings. The number of aryl methyl sites for hydroxylation is 3. The number of nitro groups is 1. The Labute approximate surface area is 164 Å². The van der Waals surface area contributed by atoms with E-state index in [1.165, 1.54) is 6.33 Å². The summed E-state index contributed by atoms with van der Waals surface area (Å²) >= 11 is 0. The van der Waals surface area contributed by atoms with E-state index in [0.717, 1.165) is 28.1 Å². The molecule has 1 N–H and O–H groups in total. The third kappa shape index (κ3) is 3.93. The molecular formula is C21H23N5O2. The van der Waals surface area contributed by atoms with Crippen molar-refractivity contribution < 1.29 is 4.92 Å². The topological polar surface area (TPSA) is 84.2 Å². The summed E-state index contributed by atoms with van der Waals surface area (Å²) in [6.07, 6.45) is 1.36. The van der Waals surface area contributed by atoms with Crippen molar-refractivity contribution in [1.29, 1.82) is 0 Å². The Morgan fingerprint density at radius 1 is 1.07 bits per heavy atom. The first kappa shape index (κ1) is 19.3. The van der Waals surface area contributed by atoms with Crippen LogP contribution in [-0.4, -0.2) is 21.4 Å². The minimum Gasteiger partial charge on any atom is -0.334 e. The highest BCUT2D eigenvalue weighted by atomic mass is 16.6. The maximum atomic E-state index is 12.0. The largest absolute Gasteiger partial charge is 0.354 e. The van der Waals surface area contributed by atoms with Gasteiger partial charge in [-0.3, -0.25) is 10.1 Å². The number of hydrogen-bond acceptors (Lipinski definition) is 6. The average molecular weight is 377 g/mol. The summed E-state index contributed by atoms with van der Waals surface area (Å²) in [7, 11) is 0. The van der Waals surface area contributed by atoms with E-state index in [1.807, 2.05) is 75.1 Å². The molecule has 3 rings (SSSR count). The van der Waals surface area contributed by atoms with Crippen LogP contribution in [0, 0.1) is 30.9 Å². The van der Waals surface area contributed by atoms with Gasteiger partial charge in [-0.1, -0.05) is 24.3 Å². The Hall–Kier alpha value is -3.48.